The maximum atomic E-state index is 6.59. The fourth-order valence-electron chi connectivity index (χ4n) is 7.64. The molecular formula is C44H25NOS2. The normalized spacial score (nSPS) is 12.2. The third-order valence-electron chi connectivity index (χ3n) is 9.80. The first-order valence-electron chi connectivity index (χ1n) is 16.2. The number of benzene rings is 8. The van der Waals surface area contributed by atoms with Crippen LogP contribution in [0.25, 0.3) is 83.8 Å². The number of furan rings is 1. The van der Waals surface area contributed by atoms with Gasteiger partial charge in [0, 0.05) is 63.2 Å². The van der Waals surface area contributed by atoms with E-state index in [-0.39, 0.29) is 0 Å². The van der Waals surface area contributed by atoms with Crippen molar-refractivity contribution in [3.8, 4) is 0 Å². The standard InChI is InChI=1S/C44H25NOS2/c1-2-12-29(13-3-1)45(30-18-20-32-35-23-27-10-4-5-11-28(27)24-39(35)47-40(32)25-30)36-16-8-15-34-42-38(48-44(34)36)22-21-37-41(42)33-19-17-26-9-6-7-14-31(26)43(33)46-37/h1-25H. The molecule has 11 aromatic rings. The highest BCUT2D eigenvalue weighted by Gasteiger charge is 2.22. The zero-order valence-corrected chi connectivity index (χ0v) is 27.2. The number of para-hydroxylation sites is 1. The van der Waals surface area contributed by atoms with Gasteiger partial charge in [-0.2, -0.15) is 0 Å². The van der Waals surface area contributed by atoms with E-state index in [1.165, 1.54) is 73.0 Å². The van der Waals surface area contributed by atoms with Gasteiger partial charge < -0.3 is 9.32 Å². The second-order valence-corrected chi connectivity index (χ2v) is 14.6. The van der Waals surface area contributed by atoms with Gasteiger partial charge >= 0.3 is 0 Å². The summed E-state index contributed by atoms with van der Waals surface area (Å²) in [4.78, 5) is 2.43. The highest BCUT2D eigenvalue weighted by atomic mass is 32.1. The van der Waals surface area contributed by atoms with Crippen LogP contribution in [-0.2, 0) is 0 Å². The summed E-state index contributed by atoms with van der Waals surface area (Å²) in [5.74, 6) is 0. The highest BCUT2D eigenvalue weighted by molar-refractivity contribution is 7.26. The first kappa shape index (κ1) is 26.4. The number of fused-ring (bicyclic) bond motifs is 13. The lowest BCUT2D eigenvalue weighted by Crippen LogP contribution is -2.09. The molecule has 0 aliphatic rings. The van der Waals surface area contributed by atoms with Crippen molar-refractivity contribution in [2.24, 2.45) is 0 Å². The summed E-state index contributed by atoms with van der Waals surface area (Å²) >= 11 is 3.74. The molecule has 0 saturated heterocycles. The van der Waals surface area contributed by atoms with Crippen molar-refractivity contribution in [1.82, 2.24) is 0 Å². The molecule has 224 valence electrons. The molecule has 0 aliphatic carbocycles. The number of anilines is 3. The number of rotatable bonds is 3. The molecule has 0 fully saturated rings. The summed E-state index contributed by atoms with van der Waals surface area (Å²) in [5.41, 5.74) is 5.36. The second kappa shape index (κ2) is 9.91. The molecule has 0 radical (unpaired) electrons. The zero-order chi connectivity index (χ0) is 31.3. The van der Waals surface area contributed by atoms with E-state index >= 15 is 0 Å². The fourth-order valence-corrected chi connectivity index (χ4v) is 10.0. The number of hydrogen-bond acceptors (Lipinski definition) is 4. The van der Waals surface area contributed by atoms with Gasteiger partial charge in [0.15, 0.2) is 0 Å². The second-order valence-electron chi connectivity index (χ2n) is 12.5. The van der Waals surface area contributed by atoms with Crippen molar-refractivity contribution in [3.63, 3.8) is 0 Å². The molecule has 2 nitrogen and oxygen atoms in total. The van der Waals surface area contributed by atoms with Crippen LogP contribution in [0.1, 0.15) is 0 Å². The molecule has 48 heavy (non-hydrogen) atoms. The van der Waals surface area contributed by atoms with Crippen LogP contribution in [-0.4, -0.2) is 0 Å². The lowest BCUT2D eigenvalue weighted by atomic mass is 10.0. The maximum absolute atomic E-state index is 6.59. The van der Waals surface area contributed by atoms with Crippen LogP contribution in [0, 0.1) is 0 Å². The number of thiophene rings is 2. The summed E-state index contributed by atoms with van der Waals surface area (Å²) in [6.45, 7) is 0. The first-order chi connectivity index (χ1) is 23.8. The van der Waals surface area contributed by atoms with Gasteiger partial charge in [-0.15, -0.1) is 22.7 Å². The van der Waals surface area contributed by atoms with Crippen molar-refractivity contribution < 1.29 is 4.42 Å². The summed E-state index contributed by atoms with van der Waals surface area (Å²) in [6, 6.07) is 55.1. The lowest BCUT2D eigenvalue weighted by molar-refractivity contribution is 0.673. The molecule has 0 amide bonds. The monoisotopic (exact) mass is 647 g/mol. The average molecular weight is 648 g/mol. The van der Waals surface area contributed by atoms with Crippen LogP contribution >= 0.6 is 22.7 Å². The van der Waals surface area contributed by atoms with E-state index < -0.39 is 0 Å². The minimum Gasteiger partial charge on any atom is -0.455 e. The number of nitrogens with zero attached hydrogens (tertiary/aromatic N) is 1. The molecule has 11 rings (SSSR count). The van der Waals surface area contributed by atoms with Gasteiger partial charge in [-0.1, -0.05) is 91.0 Å². The Balaban J connectivity index is 1.17. The molecule has 0 aliphatic heterocycles. The van der Waals surface area contributed by atoms with Crippen molar-refractivity contribution in [2.75, 3.05) is 4.90 Å². The van der Waals surface area contributed by atoms with Crippen LogP contribution in [0.15, 0.2) is 156 Å². The summed E-state index contributed by atoms with van der Waals surface area (Å²) < 4.78 is 11.7. The Morgan fingerprint density at radius 3 is 2.06 bits per heavy atom. The highest BCUT2D eigenvalue weighted by Crippen LogP contribution is 2.49. The fraction of sp³-hybridized carbons (Fsp3) is 0. The SMILES string of the molecule is c1ccc(N(c2ccc3c(c2)sc2cc4ccccc4cc23)c2cccc3c2sc2ccc4oc5c6ccccc6ccc5c4c23)cc1. The van der Waals surface area contributed by atoms with Crippen LogP contribution < -0.4 is 4.90 Å². The van der Waals surface area contributed by atoms with Gasteiger partial charge in [0.25, 0.3) is 0 Å². The molecule has 0 N–H and O–H groups in total. The van der Waals surface area contributed by atoms with E-state index in [4.69, 9.17) is 4.42 Å². The maximum Gasteiger partial charge on any atom is 0.143 e. The van der Waals surface area contributed by atoms with E-state index in [9.17, 15) is 0 Å². The Bertz CT molecular complexity index is 3070. The third-order valence-corrected chi connectivity index (χ3v) is 12.1. The molecule has 0 atom stereocenters. The van der Waals surface area contributed by atoms with Crippen LogP contribution in [0.2, 0.25) is 0 Å². The van der Waals surface area contributed by atoms with Crippen LogP contribution in [0.3, 0.4) is 0 Å². The van der Waals surface area contributed by atoms with E-state index in [0.717, 1.165) is 27.9 Å². The van der Waals surface area contributed by atoms with Crippen LogP contribution in [0.5, 0.6) is 0 Å². The molecule has 0 bridgehead atoms. The quantitative estimate of drug-likeness (QED) is 0.190. The molecule has 0 spiro atoms. The topological polar surface area (TPSA) is 16.4 Å². The largest absolute Gasteiger partial charge is 0.455 e. The third kappa shape index (κ3) is 3.73. The van der Waals surface area contributed by atoms with Gasteiger partial charge in [-0.05, 0) is 76.8 Å². The summed E-state index contributed by atoms with van der Waals surface area (Å²) in [6.07, 6.45) is 0. The Morgan fingerprint density at radius 1 is 0.417 bits per heavy atom. The first-order valence-corrected chi connectivity index (χ1v) is 17.8. The van der Waals surface area contributed by atoms with E-state index in [1.54, 1.807) is 0 Å². The zero-order valence-electron chi connectivity index (χ0n) is 25.6. The van der Waals surface area contributed by atoms with Gasteiger partial charge in [0.2, 0.25) is 0 Å². The van der Waals surface area contributed by atoms with Crippen molar-refractivity contribution in [3.05, 3.63) is 152 Å². The van der Waals surface area contributed by atoms with Gasteiger partial charge in [0.1, 0.15) is 11.2 Å². The Morgan fingerprint density at radius 2 is 1.17 bits per heavy atom. The molecule has 8 aromatic carbocycles. The Kier molecular flexibility index (Phi) is 5.45. The van der Waals surface area contributed by atoms with Crippen molar-refractivity contribution in [2.45, 2.75) is 0 Å². The number of hydrogen-bond donors (Lipinski definition) is 0. The van der Waals surface area contributed by atoms with Crippen LogP contribution in [0.4, 0.5) is 17.1 Å². The van der Waals surface area contributed by atoms with E-state index in [1.807, 2.05) is 22.7 Å². The van der Waals surface area contributed by atoms with Crippen molar-refractivity contribution >= 4 is 124 Å². The Hall–Kier alpha value is -5.68. The summed E-state index contributed by atoms with van der Waals surface area (Å²) in [5, 5.41) is 12.4. The molecule has 0 saturated carbocycles. The van der Waals surface area contributed by atoms with Gasteiger partial charge in [0.05, 0.1) is 10.4 Å². The molecule has 4 heteroatoms. The van der Waals surface area contributed by atoms with Gasteiger partial charge in [-0.25, -0.2) is 0 Å². The van der Waals surface area contributed by atoms with E-state index in [2.05, 4.69) is 157 Å². The van der Waals surface area contributed by atoms with Gasteiger partial charge in [-0.3, -0.25) is 0 Å². The predicted molar refractivity (Wildman–Crippen MR) is 209 cm³/mol. The van der Waals surface area contributed by atoms with E-state index in [0.29, 0.717) is 0 Å². The molecule has 0 unspecified atom stereocenters. The molecule has 3 aromatic heterocycles. The predicted octanol–water partition coefficient (Wildman–Crippen LogP) is 14.1. The lowest BCUT2D eigenvalue weighted by Gasteiger charge is -2.26. The van der Waals surface area contributed by atoms with Crippen molar-refractivity contribution in [1.29, 1.82) is 0 Å². The molecule has 3 heterocycles. The minimum absolute atomic E-state index is 0.932. The Labute approximate surface area is 283 Å². The molecular weight excluding hydrogens is 623 g/mol. The smallest absolute Gasteiger partial charge is 0.143 e. The minimum atomic E-state index is 0.932. The summed E-state index contributed by atoms with van der Waals surface area (Å²) in [7, 11) is 0. The average Bonchev–Trinajstić information content (AvgIpc) is 3.82.